The molecule has 1 heterocycles. The van der Waals surface area contributed by atoms with Gasteiger partial charge in [0, 0.05) is 6.07 Å². The van der Waals surface area contributed by atoms with Gasteiger partial charge in [-0.05, 0) is 11.1 Å². The highest BCUT2D eigenvalue weighted by atomic mass is 19.4. The predicted octanol–water partition coefficient (Wildman–Crippen LogP) is 2.80. The molecule has 0 unspecified atom stereocenters. The number of nitrogens with zero attached hydrogens (tertiary/aromatic N) is 2. The normalized spacial score (nSPS) is 11.1. The summed E-state index contributed by atoms with van der Waals surface area (Å²) in [6.45, 7) is -0.0787. The Labute approximate surface area is 141 Å². The number of rotatable bonds is 6. The van der Waals surface area contributed by atoms with Gasteiger partial charge < -0.3 is 14.2 Å². The Hall–Kier alpha value is -2.84. The highest BCUT2D eigenvalue weighted by Gasteiger charge is 2.34. The molecule has 0 aliphatic rings. The summed E-state index contributed by atoms with van der Waals surface area (Å²) in [5.74, 6) is -0.720. The van der Waals surface area contributed by atoms with Crippen LogP contribution in [0, 0.1) is 0 Å². The van der Waals surface area contributed by atoms with Crippen LogP contribution in [0.4, 0.5) is 13.2 Å². The Morgan fingerprint density at radius 1 is 1.12 bits per heavy atom. The molecule has 0 N–H and O–H groups in total. The van der Waals surface area contributed by atoms with E-state index in [0.717, 1.165) is 7.11 Å². The molecule has 9 heteroatoms. The van der Waals surface area contributed by atoms with Crippen molar-refractivity contribution in [1.29, 1.82) is 0 Å². The molecule has 0 spiro atoms. The molecule has 0 saturated carbocycles. The van der Waals surface area contributed by atoms with Gasteiger partial charge in [-0.15, -0.1) is 0 Å². The largest absolute Gasteiger partial charge is 0.473 e. The summed E-state index contributed by atoms with van der Waals surface area (Å²) < 4.78 is 53.2. The zero-order valence-corrected chi connectivity index (χ0v) is 13.5. The molecule has 2 rings (SSSR count). The number of alkyl halides is 3. The van der Waals surface area contributed by atoms with Crippen LogP contribution in [0.15, 0.2) is 30.3 Å². The second-order valence-corrected chi connectivity index (χ2v) is 4.89. The molecule has 2 aromatic rings. The zero-order valence-electron chi connectivity index (χ0n) is 13.5. The molecular weight excluding hydrogens is 341 g/mol. The van der Waals surface area contributed by atoms with Crippen molar-refractivity contribution in [3.63, 3.8) is 0 Å². The van der Waals surface area contributed by atoms with Gasteiger partial charge in [-0.3, -0.25) is 4.79 Å². The van der Waals surface area contributed by atoms with Gasteiger partial charge in [-0.1, -0.05) is 24.3 Å². The van der Waals surface area contributed by atoms with Gasteiger partial charge in [0.1, 0.15) is 6.61 Å². The summed E-state index contributed by atoms with van der Waals surface area (Å²) in [6, 6.07) is 7.09. The highest BCUT2D eigenvalue weighted by molar-refractivity contribution is 5.72. The number of ether oxygens (including phenoxy) is 3. The Morgan fingerprint density at radius 2 is 1.80 bits per heavy atom. The van der Waals surface area contributed by atoms with Crippen LogP contribution in [0.5, 0.6) is 11.9 Å². The zero-order chi connectivity index (χ0) is 18.4. The SMILES string of the molecule is COC(=O)Cc1ccccc1COc1cc(C(F)(F)F)nc(OC)n1. The summed E-state index contributed by atoms with van der Waals surface area (Å²) in [7, 11) is 2.43. The van der Waals surface area contributed by atoms with Gasteiger partial charge in [-0.25, -0.2) is 0 Å². The fourth-order valence-electron chi connectivity index (χ4n) is 1.96. The number of methoxy groups -OCH3 is 2. The second kappa shape index (κ2) is 7.82. The van der Waals surface area contributed by atoms with E-state index in [2.05, 4.69) is 19.4 Å². The Bertz CT molecular complexity index is 750. The van der Waals surface area contributed by atoms with Crippen molar-refractivity contribution < 1.29 is 32.2 Å². The standard InChI is InChI=1S/C16H15F3N2O4/c1-23-14(22)7-10-5-3-4-6-11(10)9-25-13-8-12(16(17,18)19)20-15(21-13)24-2/h3-6,8H,7,9H2,1-2H3. The van der Waals surface area contributed by atoms with Crippen LogP contribution in [0.3, 0.4) is 0 Å². The van der Waals surface area contributed by atoms with Crippen LogP contribution >= 0.6 is 0 Å². The van der Waals surface area contributed by atoms with E-state index in [1.807, 2.05) is 0 Å². The first-order chi connectivity index (χ1) is 11.8. The Balaban J connectivity index is 2.20. The van der Waals surface area contributed by atoms with E-state index >= 15 is 0 Å². The number of carbonyl (C=O) groups excluding carboxylic acids is 1. The van der Waals surface area contributed by atoms with Gasteiger partial charge in [0.25, 0.3) is 0 Å². The fourth-order valence-corrected chi connectivity index (χ4v) is 1.96. The molecular formula is C16H15F3N2O4. The van der Waals surface area contributed by atoms with E-state index in [1.54, 1.807) is 24.3 Å². The number of hydrogen-bond donors (Lipinski definition) is 0. The monoisotopic (exact) mass is 356 g/mol. The highest BCUT2D eigenvalue weighted by Crippen LogP contribution is 2.30. The van der Waals surface area contributed by atoms with E-state index in [-0.39, 0.29) is 18.9 Å². The molecule has 0 bridgehead atoms. The van der Waals surface area contributed by atoms with Crippen molar-refractivity contribution in [1.82, 2.24) is 9.97 Å². The molecule has 6 nitrogen and oxygen atoms in total. The van der Waals surface area contributed by atoms with Crippen LogP contribution in [-0.4, -0.2) is 30.2 Å². The van der Waals surface area contributed by atoms with Gasteiger partial charge in [0.05, 0.1) is 20.6 Å². The lowest BCUT2D eigenvalue weighted by Crippen LogP contribution is -2.12. The first-order valence-electron chi connectivity index (χ1n) is 7.10. The minimum absolute atomic E-state index is 0.0247. The summed E-state index contributed by atoms with van der Waals surface area (Å²) >= 11 is 0. The molecule has 0 saturated heterocycles. The molecule has 0 aliphatic carbocycles. The quantitative estimate of drug-likeness (QED) is 0.742. The summed E-state index contributed by atoms with van der Waals surface area (Å²) in [4.78, 5) is 18.4. The molecule has 0 radical (unpaired) electrons. The molecule has 25 heavy (non-hydrogen) atoms. The third-order valence-corrected chi connectivity index (χ3v) is 3.21. The number of halogens is 3. The summed E-state index contributed by atoms with van der Waals surface area (Å²) in [5, 5.41) is 0. The van der Waals surface area contributed by atoms with Gasteiger partial charge in [0.15, 0.2) is 5.69 Å². The van der Waals surface area contributed by atoms with Crippen molar-refractivity contribution in [3.8, 4) is 11.9 Å². The first kappa shape index (κ1) is 18.5. The number of hydrogen-bond acceptors (Lipinski definition) is 6. The number of esters is 1. The van der Waals surface area contributed by atoms with Crippen LogP contribution in [0.2, 0.25) is 0 Å². The number of aromatic nitrogens is 2. The third kappa shape index (κ3) is 5.07. The van der Waals surface area contributed by atoms with Crippen molar-refractivity contribution in [2.75, 3.05) is 14.2 Å². The molecule has 134 valence electrons. The predicted molar refractivity (Wildman–Crippen MR) is 80.1 cm³/mol. The van der Waals surface area contributed by atoms with Crippen molar-refractivity contribution in [2.24, 2.45) is 0 Å². The van der Waals surface area contributed by atoms with Gasteiger partial charge in [0.2, 0.25) is 5.88 Å². The van der Waals surface area contributed by atoms with E-state index in [4.69, 9.17) is 4.74 Å². The van der Waals surface area contributed by atoms with E-state index in [0.29, 0.717) is 17.2 Å². The van der Waals surface area contributed by atoms with Crippen molar-refractivity contribution >= 4 is 5.97 Å². The average Bonchev–Trinajstić information content (AvgIpc) is 2.59. The first-order valence-corrected chi connectivity index (χ1v) is 7.10. The maximum absolute atomic E-state index is 12.8. The smallest absolute Gasteiger partial charge is 0.433 e. The number of carbonyl (C=O) groups is 1. The topological polar surface area (TPSA) is 70.5 Å². The van der Waals surface area contributed by atoms with Gasteiger partial charge >= 0.3 is 18.2 Å². The number of benzene rings is 1. The molecule has 0 aliphatic heterocycles. The average molecular weight is 356 g/mol. The van der Waals surface area contributed by atoms with Crippen LogP contribution in [0.25, 0.3) is 0 Å². The lowest BCUT2D eigenvalue weighted by Gasteiger charge is -2.12. The summed E-state index contributed by atoms with van der Waals surface area (Å²) in [6.07, 6.45) is -4.63. The van der Waals surface area contributed by atoms with Crippen molar-refractivity contribution in [3.05, 3.63) is 47.2 Å². The molecule has 1 aromatic carbocycles. The van der Waals surface area contributed by atoms with E-state index < -0.39 is 23.8 Å². The lowest BCUT2D eigenvalue weighted by atomic mass is 10.1. The molecule has 0 atom stereocenters. The van der Waals surface area contributed by atoms with Crippen molar-refractivity contribution in [2.45, 2.75) is 19.2 Å². The third-order valence-electron chi connectivity index (χ3n) is 3.21. The molecule has 1 aromatic heterocycles. The maximum Gasteiger partial charge on any atom is 0.433 e. The van der Waals surface area contributed by atoms with Gasteiger partial charge in [-0.2, -0.15) is 23.1 Å². The molecule has 0 fully saturated rings. The van der Waals surface area contributed by atoms with Crippen LogP contribution in [-0.2, 0) is 28.7 Å². The molecule has 0 amide bonds. The van der Waals surface area contributed by atoms with Crippen LogP contribution < -0.4 is 9.47 Å². The Morgan fingerprint density at radius 3 is 2.40 bits per heavy atom. The maximum atomic E-state index is 12.8. The Kier molecular flexibility index (Phi) is 5.79. The van der Waals surface area contributed by atoms with E-state index in [9.17, 15) is 18.0 Å². The summed E-state index contributed by atoms with van der Waals surface area (Å²) in [5.41, 5.74) is 0.0997. The second-order valence-electron chi connectivity index (χ2n) is 4.89. The lowest BCUT2D eigenvalue weighted by molar-refractivity contribution is -0.142. The van der Waals surface area contributed by atoms with E-state index in [1.165, 1.54) is 7.11 Å². The van der Waals surface area contributed by atoms with Crippen LogP contribution in [0.1, 0.15) is 16.8 Å². The minimum Gasteiger partial charge on any atom is -0.473 e. The minimum atomic E-state index is -4.66. The fraction of sp³-hybridized carbons (Fsp3) is 0.312.